The second-order valence-corrected chi connectivity index (χ2v) is 5.13. The minimum Gasteiger partial charge on any atom is -0.339 e. The molecule has 1 aromatic rings. The van der Waals surface area contributed by atoms with E-state index in [-0.39, 0.29) is 11.9 Å². The maximum atomic E-state index is 12.0. The normalized spacial score (nSPS) is 12.2. The van der Waals surface area contributed by atoms with Crippen LogP contribution in [0.15, 0.2) is 24.3 Å². The first kappa shape index (κ1) is 15.3. The fraction of sp³-hybridized carbons (Fsp3) is 0.500. The molecule has 0 aliphatic heterocycles. The van der Waals surface area contributed by atoms with E-state index in [0.29, 0.717) is 17.3 Å². The SMILES string of the molecule is CC(c1ccccc1Cl)N(C)C(=O)CCCCCl. The topological polar surface area (TPSA) is 20.3 Å². The number of benzene rings is 1. The molecule has 0 aliphatic carbocycles. The van der Waals surface area contributed by atoms with Crippen LogP contribution in [0.1, 0.15) is 37.8 Å². The molecular weight excluding hydrogens is 269 g/mol. The highest BCUT2D eigenvalue weighted by molar-refractivity contribution is 6.31. The minimum atomic E-state index is -0.0119. The predicted molar refractivity (Wildman–Crippen MR) is 77.2 cm³/mol. The van der Waals surface area contributed by atoms with Crippen molar-refractivity contribution in [3.05, 3.63) is 34.9 Å². The van der Waals surface area contributed by atoms with Gasteiger partial charge in [-0.1, -0.05) is 29.8 Å². The number of carbonyl (C=O) groups excluding carboxylic acids is 1. The molecule has 1 aromatic carbocycles. The number of amides is 1. The van der Waals surface area contributed by atoms with Crippen LogP contribution in [0.25, 0.3) is 0 Å². The van der Waals surface area contributed by atoms with Gasteiger partial charge in [-0.3, -0.25) is 4.79 Å². The van der Waals surface area contributed by atoms with Gasteiger partial charge in [-0.15, -0.1) is 11.6 Å². The lowest BCUT2D eigenvalue weighted by atomic mass is 10.1. The maximum absolute atomic E-state index is 12.0. The van der Waals surface area contributed by atoms with E-state index in [9.17, 15) is 4.79 Å². The number of nitrogens with zero attached hydrogens (tertiary/aromatic N) is 1. The molecule has 1 unspecified atom stereocenters. The van der Waals surface area contributed by atoms with Crippen molar-refractivity contribution in [2.75, 3.05) is 12.9 Å². The molecule has 0 heterocycles. The van der Waals surface area contributed by atoms with Crippen LogP contribution in [0, 0.1) is 0 Å². The van der Waals surface area contributed by atoms with Crippen LogP contribution in [-0.2, 0) is 4.79 Å². The van der Waals surface area contributed by atoms with Crippen LogP contribution >= 0.6 is 23.2 Å². The Morgan fingerprint density at radius 1 is 1.33 bits per heavy atom. The Balaban J connectivity index is 2.63. The molecule has 0 bridgehead atoms. The van der Waals surface area contributed by atoms with Crippen molar-refractivity contribution in [3.63, 3.8) is 0 Å². The number of hydrogen-bond acceptors (Lipinski definition) is 1. The lowest BCUT2D eigenvalue weighted by molar-refractivity contribution is -0.131. The summed E-state index contributed by atoms with van der Waals surface area (Å²) >= 11 is 11.7. The van der Waals surface area contributed by atoms with E-state index in [4.69, 9.17) is 23.2 Å². The van der Waals surface area contributed by atoms with Crippen molar-refractivity contribution in [1.29, 1.82) is 0 Å². The van der Waals surface area contributed by atoms with Gasteiger partial charge in [-0.2, -0.15) is 0 Å². The monoisotopic (exact) mass is 287 g/mol. The summed E-state index contributed by atoms with van der Waals surface area (Å²) in [4.78, 5) is 13.7. The molecule has 0 radical (unpaired) electrons. The zero-order valence-corrected chi connectivity index (χ0v) is 12.3. The Morgan fingerprint density at radius 3 is 2.61 bits per heavy atom. The number of alkyl halides is 1. The van der Waals surface area contributed by atoms with Gasteiger partial charge in [-0.05, 0) is 31.4 Å². The molecule has 0 fully saturated rings. The van der Waals surface area contributed by atoms with E-state index in [1.165, 1.54) is 0 Å². The summed E-state index contributed by atoms with van der Waals surface area (Å²) in [6.07, 6.45) is 2.25. The molecule has 100 valence electrons. The summed E-state index contributed by atoms with van der Waals surface area (Å²) < 4.78 is 0. The van der Waals surface area contributed by atoms with Crippen molar-refractivity contribution in [2.24, 2.45) is 0 Å². The number of unbranched alkanes of at least 4 members (excludes halogenated alkanes) is 1. The van der Waals surface area contributed by atoms with Gasteiger partial charge in [0.05, 0.1) is 6.04 Å². The Bertz CT molecular complexity index is 395. The number of halogens is 2. The van der Waals surface area contributed by atoms with E-state index in [1.54, 1.807) is 4.90 Å². The first-order valence-corrected chi connectivity index (χ1v) is 7.05. The molecular formula is C14H19Cl2NO. The van der Waals surface area contributed by atoms with Gasteiger partial charge in [0.15, 0.2) is 0 Å². The lowest BCUT2D eigenvalue weighted by Crippen LogP contribution is -2.29. The Kier molecular flexibility index (Phi) is 6.51. The minimum absolute atomic E-state index is 0.0119. The van der Waals surface area contributed by atoms with E-state index >= 15 is 0 Å². The summed E-state index contributed by atoms with van der Waals surface area (Å²) in [6.45, 7) is 1.99. The fourth-order valence-electron chi connectivity index (χ4n) is 1.79. The van der Waals surface area contributed by atoms with E-state index < -0.39 is 0 Å². The fourth-order valence-corrected chi connectivity index (χ4v) is 2.27. The van der Waals surface area contributed by atoms with Gasteiger partial charge in [-0.25, -0.2) is 0 Å². The molecule has 0 N–H and O–H groups in total. The van der Waals surface area contributed by atoms with Gasteiger partial charge < -0.3 is 4.90 Å². The summed E-state index contributed by atoms with van der Waals surface area (Å²) in [5.74, 6) is 0.740. The molecule has 0 aromatic heterocycles. The first-order valence-electron chi connectivity index (χ1n) is 6.14. The molecule has 2 nitrogen and oxygen atoms in total. The molecule has 1 amide bonds. The number of rotatable bonds is 6. The van der Waals surface area contributed by atoms with Crippen LogP contribution in [0.4, 0.5) is 0 Å². The van der Waals surface area contributed by atoms with Crippen LogP contribution in [0.5, 0.6) is 0 Å². The summed E-state index contributed by atoms with van der Waals surface area (Å²) in [7, 11) is 1.82. The van der Waals surface area contributed by atoms with Gasteiger partial charge >= 0.3 is 0 Å². The van der Waals surface area contributed by atoms with Crippen molar-refractivity contribution in [3.8, 4) is 0 Å². The third kappa shape index (κ3) is 4.18. The van der Waals surface area contributed by atoms with E-state index in [1.807, 2.05) is 38.2 Å². The molecule has 1 rings (SSSR count). The van der Waals surface area contributed by atoms with Gasteiger partial charge in [0.1, 0.15) is 0 Å². The predicted octanol–water partition coefficient (Wildman–Crippen LogP) is 4.27. The Morgan fingerprint density at radius 2 is 2.00 bits per heavy atom. The van der Waals surface area contributed by atoms with Crippen LogP contribution < -0.4 is 0 Å². The van der Waals surface area contributed by atoms with Crippen molar-refractivity contribution >= 4 is 29.1 Å². The van der Waals surface area contributed by atoms with Gasteiger partial charge in [0.2, 0.25) is 5.91 Å². The van der Waals surface area contributed by atoms with Crippen molar-refractivity contribution in [2.45, 2.75) is 32.2 Å². The van der Waals surface area contributed by atoms with Crippen LogP contribution in [0.3, 0.4) is 0 Å². The Labute approximate surface area is 119 Å². The summed E-state index contributed by atoms with van der Waals surface area (Å²) in [6, 6.07) is 7.61. The molecule has 0 saturated heterocycles. The zero-order chi connectivity index (χ0) is 13.5. The van der Waals surface area contributed by atoms with E-state index in [0.717, 1.165) is 18.4 Å². The zero-order valence-electron chi connectivity index (χ0n) is 10.8. The maximum Gasteiger partial charge on any atom is 0.222 e. The second-order valence-electron chi connectivity index (χ2n) is 4.35. The number of carbonyl (C=O) groups is 1. The molecule has 0 aliphatic rings. The summed E-state index contributed by atoms with van der Waals surface area (Å²) in [5, 5.41) is 0.699. The smallest absolute Gasteiger partial charge is 0.222 e. The van der Waals surface area contributed by atoms with Crippen molar-refractivity contribution in [1.82, 2.24) is 4.90 Å². The summed E-state index contributed by atoms with van der Waals surface area (Å²) in [5.41, 5.74) is 0.979. The van der Waals surface area contributed by atoms with Crippen molar-refractivity contribution < 1.29 is 4.79 Å². The standard InChI is InChI=1S/C14H19Cl2NO/c1-11(12-7-3-4-8-13(12)16)17(2)14(18)9-5-6-10-15/h3-4,7-8,11H,5-6,9-10H2,1-2H3. The Hall–Kier alpha value is -0.730. The molecule has 0 spiro atoms. The highest BCUT2D eigenvalue weighted by Crippen LogP contribution is 2.26. The first-order chi connectivity index (χ1) is 8.57. The van der Waals surface area contributed by atoms with Crippen LogP contribution in [-0.4, -0.2) is 23.7 Å². The highest BCUT2D eigenvalue weighted by atomic mass is 35.5. The lowest BCUT2D eigenvalue weighted by Gasteiger charge is -2.26. The second kappa shape index (κ2) is 7.65. The molecule has 4 heteroatoms. The third-order valence-corrected chi connectivity index (χ3v) is 3.72. The molecule has 0 saturated carbocycles. The van der Waals surface area contributed by atoms with Gasteiger partial charge in [0, 0.05) is 24.4 Å². The largest absolute Gasteiger partial charge is 0.339 e. The van der Waals surface area contributed by atoms with Crippen LogP contribution in [0.2, 0.25) is 5.02 Å². The average Bonchev–Trinajstić information content (AvgIpc) is 2.38. The highest BCUT2D eigenvalue weighted by Gasteiger charge is 2.18. The molecule has 18 heavy (non-hydrogen) atoms. The number of hydrogen-bond donors (Lipinski definition) is 0. The average molecular weight is 288 g/mol. The third-order valence-electron chi connectivity index (χ3n) is 3.10. The van der Waals surface area contributed by atoms with Gasteiger partial charge in [0.25, 0.3) is 0 Å². The quantitative estimate of drug-likeness (QED) is 0.565. The molecule has 1 atom stereocenters. The van der Waals surface area contributed by atoms with E-state index in [2.05, 4.69) is 0 Å².